The minimum Gasteiger partial charge on any atom is -0.306 e. The third kappa shape index (κ3) is 2.36. The van der Waals surface area contributed by atoms with Crippen molar-refractivity contribution in [3.8, 4) is 0 Å². The average Bonchev–Trinajstić information content (AvgIpc) is 2.84. The minimum absolute atomic E-state index is 0.0394. The fourth-order valence-corrected chi connectivity index (χ4v) is 3.38. The Balaban J connectivity index is 2.41. The molecule has 96 valence electrons. The van der Waals surface area contributed by atoms with Gasteiger partial charge in [0.05, 0.1) is 22.5 Å². The van der Waals surface area contributed by atoms with Crippen molar-refractivity contribution >= 4 is 11.6 Å². The van der Waals surface area contributed by atoms with Gasteiger partial charge in [0, 0.05) is 6.54 Å². The molecule has 0 amide bonds. The number of aromatic nitrogens is 2. The number of nitrogens with one attached hydrogen (secondary N) is 1. The van der Waals surface area contributed by atoms with Crippen LogP contribution in [-0.4, -0.2) is 16.3 Å². The zero-order valence-electron chi connectivity index (χ0n) is 11.0. The summed E-state index contributed by atoms with van der Waals surface area (Å²) in [5, 5.41) is 8.86. The fourth-order valence-electron chi connectivity index (χ4n) is 3.05. The van der Waals surface area contributed by atoms with E-state index in [0.29, 0.717) is 5.92 Å². The van der Waals surface area contributed by atoms with Crippen LogP contribution < -0.4 is 5.32 Å². The van der Waals surface area contributed by atoms with Crippen LogP contribution in [0.5, 0.6) is 0 Å². The summed E-state index contributed by atoms with van der Waals surface area (Å²) in [7, 11) is 0. The molecule has 0 radical (unpaired) electrons. The predicted molar refractivity (Wildman–Crippen MR) is 71.3 cm³/mol. The lowest BCUT2D eigenvalue weighted by molar-refractivity contribution is 0.289. The molecule has 2 heterocycles. The average molecular weight is 256 g/mol. The molecule has 1 N–H and O–H groups in total. The van der Waals surface area contributed by atoms with Crippen molar-refractivity contribution in [1.29, 1.82) is 0 Å². The van der Waals surface area contributed by atoms with Crippen LogP contribution in [0, 0.1) is 5.92 Å². The second kappa shape index (κ2) is 4.99. The molecular formula is C13H22ClN3. The number of nitrogens with zero attached hydrogens (tertiary/aromatic N) is 2. The monoisotopic (exact) mass is 255 g/mol. The Bertz CT molecular complexity index is 378. The van der Waals surface area contributed by atoms with E-state index in [0.717, 1.165) is 31.0 Å². The molecule has 1 fully saturated rings. The van der Waals surface area contributed by atoms with Crippen LogP contribution in [0.4, 0.5) is 0 Å². The molecule has 1 aliphatic rings. The highest BCUT2D eigenvalue weighted by Gasteiger charge is 2.40. The minimum atomic E-state index is 0.0394. The van der Waals surface area contributed by atoms with Crippen molar-refractivity contribution in [2.45, 2.75) is 52.1 Å². The largest absolute Gasteiger partial charge is 0.306 e. The van der Waals surface area contributed by atoms with Gasteiger partial charge in [-0.05, 0) is 38.6 Å². The fraction of sp³-hybridized carbons (Fsp3) is 0.769. The second-order valence-corrected chi connectivity index (χ2v) is 5.77. The van der Waals surface area contributed by atoms with E-state index >= 15 is 0 Å². The van der Waals surface area contributed by atoms with Gasteiger partial charge in [-0.25, -0.2) is 0 Å². The van der Waals surface area contributed by atoms with Crippen molar-refractivity contribution < 1.29 is 0 Å². The number of halogens is 1. The van der Waals surface area contributed by atoms with Crippen LogP contribution in [-0.2, 0) is 12.1 Å². The van der Waals surface area contributed by atoms with Crippen LogP contribution in [0.2, 0.25) is 5.02 Å². The Kier molecular flexibility index (Phi) is 3.79. The molecule has 0 aliphatic carbocycles. The molecule has 1 aromatic heterocycles. The van der Waals surface area contributed by atoms with E-state index in [-0.39, 0.29) is 5.54 Å². The van der Waals surface area contributed by atoms with E-state index < -0.39 is 0 Å². The molecule has 1 saturated heterocycles. The van der Waals surface area contributed by atoms with Crippen molar-refractivity contribution in [3.05, 3.63) is 16.9 Å². The highest BCUT2D eigenvalue weighted by Crippen LogP contribution is 2.39. The molecule has 1 aromatic rings. The summed E-state index contributed by atoms with van der Waals surface area (Å²) in [4.78, 5) is 0. The summed E-state index contributed by atoms with van der Waals surface area (Å²) >= 11 is 6.35. The lowest BCUT2D eigenvalue weighted by atomic mass is 9.84. The summed E-state index contributed by atoms with van der Waals surface area (Å²) in [6.45, 7) is 8.61. The van der Waals surface area contributed by atoms with Crippen molar-refractivity contribution in [1.82, 2.24) is 15.1 Å². The molecule has 0 aromatic carbocycles. The summed E-state index contributed by atoms with van der Waals surface area (Å²) < 4.78 is 2.04. The molecular weight excluding hydrogens is 234 g/mol. The van der Waals surface area contributed by atoms with E-state index in [4.69, 9.17) is 11.6 Å². The molecule has 1 atom stereocenters. The highest BCUT2D eigenvalue weighted by molar-refractivity contribution is 6.31. The Morgan fingerprint density at radius 2 is 2.35 bits per heavy atom. The summed E-state index contributed by atoms with van der Waals surface area (Å²) in [5.41, 5.74) is 1.23. The van der Waals surface area contributed by atoms with E-state index in [9.17, 15) is 0 Å². The normalized spacial score (nSPS) is 24.8. The quantitative estimate of drug-likeness (QED) is 0.896. The van der Waals surface area contributed by atoms with Gasteiger partial charge in [0.1, 0.15) is 0 Å². The topological polar surface area (TPSA) is 29.9 Å². The SMILES string of the molecule is CCn1ncc(Cl)c1C1(CC(C)C)CCCN1. The maximum atomic E-state index is 6.35. The van der Waals surface area contributed by atoms with E-state index in [2.05, 4.69) is 31.2 Å². The van der Waals surface area contributed by atoms with Gasteiger partial charge in [-0.1, -0.05) is 25.4 Å². The number of aryl methyl sites for hydroxylation is 1. The van der Waals surface area contributed by atoms with Crippen LogP contribution >= 0.6 is 11.6 Å². The molecule has 2 rings (SSSR count). The van der Waals surface area contributed by atoms with Gasteiger partial charge in [-0.15, -0.1) is 0 Å². The number of hydrogen-bond acceptors (Lipinski definition) is 2. The molecule has 1 unspecified atom stereocenters. The predicted octanol–water partition coefficient (Wildman–Crippen LogP) is 3.18. The van der Waals surface area contributed by atoms with Gasteiger partial charge in [-0.3, -0.25) is 4.68 Å². The number of hydrogen-bond donors (Lipinski definition) is 1. The van der Waals surface area contributed by atoms with E-state index in [1.807, 2.05) is 4.68 Å². The highest BCUT2D eigenvalue weighted by atomic mass is 35.5. The van der Waals surface area contributed by atoms with Gasteiger partial charge in [0.15, 0.2) is 0 Å². The third-order valence-corrected chi connectivity index (χ3v) is 3.82. The smallest absolute Gasteiger partial charge is 0.0837 e. The Labute approximate surface area is 109 Å². The third-order valence-electron chi connectivity index (χ3n) is 3.55. The van der Waals surface area contributed by atoms with Crippen LogP contribution in [0.25, 0.3) is 0 Å². The standard InChI is InChI=1S/C13H22ClN3/c1-4-17-12(11(14)9-16-17)13(8-10(2)3)6-5-7-15-13/h9-10,15H,4-8H2,1-3H3. The molecule has 4 heteroatoms. The maximum absolute atomic E-state index is 6.35. The van der Waals surface area contributed by atoms with Gasteiger partial charge >= 0.3 is 0 Å². The molecule has 3 nitrogen and oxygen atoms in total. The van der Waals surface area contributed by atoms with Crippen LogP contribution in [0.3, 0.4) is 0 Å². The molecule has 0 spiro atoms. The van der Waals surface area contributed by atoms with Crippen LogP contribution in [0.15, 0.2) is 6.20 Å². The molecule has 0 saturated carbocycles. The van der Waals surface area contributed by atoms with Crippen LogP contribution in [0.1, 0.15) is 45.7 Å². The first-order valence-corrected chi connectivity index (χ1v) is 6.93. The zero-order valence-corrected chi connectivity index (χ0v) is 11.7. The maximum Gasteiger partial charge on any atom is 0.0837 e. The zero-order chi connectivity index (χ0) is 12.5. The molecule has 0 bridgehead atoms. The van der Waals surface area contributed by atoms with Gasteiger partial charge < -0.3 is 5.32 Å². The lowest BCUT2D eigenvalue weighted by Gasteiger charge is -2.32. The van der Waals surface area contributed by atoms with Crippen molar-refractivity contribution in [3.63, 3.8) is 0 Å². The molecule has 1 aliphatic heterocycles. The van der Waals surface area contributed by atoms with E-state index in [1.165, 1.54) is 12.1 Å². The van der Waals surface area contributed by atoms with Gasteiger partial charge in [0.25, 0.3) is 0 Å². The molecule has 17 heavy (non-hydrogen) atoms. The summed E-state index contributed by atoms with van der Waals surface area (Å²) in [5.74, 6) is 0.650. The van der Waals surface area contributed by atoms with E-state index in [1.54, 1.807) is 6.20 Å². The first-order valence-electron chi connectivity index (χ1n) is 6.56. The Hall–Kier alpha value is -0.540. The Morgan fingerprint density at radius 3 is 2.88 bits per heavy atom. The lowest BCUT2D eigenvalue weighted by Crippen LogP contribution is -2.40. The number of rotatable bonds is 4. The van der Waals surface area contributed by atoms with Crippen molar-refractivity contribution in [2.24, 2.45) is 5.92 Å². The summed E-state index contributed by atoms with van der Waals surface area (Å²) in [6, 6.07) is 0. The van der Waals surface area contributed by atoms with Crippen molar-refractivity contribution in [2.75, 3.05) is 6.54 Å². The van der Waals surface area contributed by atoms with Gasteiger partial charge in [0.2, 0.25) is 0 Å². The summed E-state index contributed by atoms with van der Waals surface area (Å²) in [6.07, 6.45) is 5.29. The Morgan fingerprint density at radius 1 is 1.59 bits per heavy atom. The first-order chi connectivity index (χ1) is 8.09. The first kappa shape index (κ1) is 12.9. The van der Waals surface area contributed by atoms with Gasteiger partial charge in [-0.2, -0.15) is 5.10 Å². The second-order valence-electron chi connectivity index (χ2n) is 5.37.